The number of furan rings is 1. The van der Waals surface area contributed by atoms with E-state index in [1.54, 1.807) is 54.6 Å². The molecule has 0 saturated heterocycles. The Morgan fingerprint density at radius 3 is 2.38 bits per heavy atom. The lowest BCUT2D eigenvalue weighted by atomic mass is 9.94. The largest absolute Gasteiger partial charge is 0.503 e. The van der Waals surface area contributed by atoms with Crippen LogP contribution in [0.25, 0.3) is 11.0 Å². The zero-order valence-electron chi connectivity index (χ0n) is 22.2. The zero-order valence-corrected chi connectivity index (χ0v) is 22.9. The molecule has 1 aromatic heterocycles. The molecular weight excluding hydrogens is 538 g/mol. The van der Waals surface area contributed by atoms with Gasteiger partial charge in [-0.3, -0.25) is 14.5 Å². The van der Waals surface area contributed by atoms with Crippen molar-refractivity contribution in [2.75, 3.05) is 32.8 Å². The molecule has 40 heavy (non-hydrogen) atoms. The van der Waals surface area contributed by atoms with Gasteiger partial charge in [-0.25, -0.2) is 0 Å². The summed E-state index contributed by atoms with van der Waals surface area (Å²) in [5, 5.41) is 12.1. The van der Waals surface area contributed by atoms with Crippen LogP contribution in [0.1, 0.15) is 29.1 Å². The normalized spacial score (nSPS) is 15.1. The quantitative estimate of drug-likeness (QED) is 0.237. The summed E-state index contributed by atoms with van der Waals surface area (Å²) in [6.07, 6.45) is 0. The van der Waals surface area contributed by atoms with E-state index in [1.807, 2.05) is 6.92 Å². The summed E-state index contributed by atoms with van der Waals surface area (Å²) in [5.41, 5.74) is 0.988. The van der Waals surface area contributed by atoms with Gasteiger partial charge in [-0.15, -0.1) is 0 Å². The third kappa shape index (κ3) is 4.48. The van der Waals surface area contributed by atoms with Gasteiger partial charge < -0.3 is 28.5 Å². The molecule has 9 nitrogen and oxygen atoms in total. The van der Waals surface area contributed by atoms with Crippen LogP contribution >= 0.6 is 11.6 Å². The number of aliphatic hydroxyl groups is 1. The molecule has 1 aliphatic rings. The fourth-order valence-electron chi connectivity index (χ4n) is 4.84. The fraction of sp³-hybridized carbons (Fsp3) is 0.200. The van der Waals surface area contributed by atoms with E-state index in [0.29, 0.717) is 56.8 Å². The number of carbonyl (C=O) groups excluding carboxylic acids is 2. The highest BCUT2D eigenvalue weighted by atomic mass is 35.5. The number of methoxy groups -OCH3 is 3. The standard InChI is InChI=1S/C30H26ClNO8/c1-5-39-22-13-16(10-11-21(22)37-3)26-25(28(34)30(35)32(26)19-8-6-7-9-20(19)36-2)27(33)23-14-17-12-18(31)15-24(38-4)29(17)40-23/h6-15,26,34H,5H2,1-4H3. The summed E-state index contributed by atoms with van der Waals surface area (Å²) in [4.78, 5) is 29.0. The van der Waals surface area contributed by atoms with E-state index in [1.165, 1.54) is 32.3 Å². The Labute approximate surface area is 235 Å². The molecule has 0 saturated carbocycles. The Balaban J connectivity index is 1.71. The molecule has 1 atom stereocenters. The van der Waals surface area contributed by atoms with Crippen LogP contribution < -0.4 is 23.8 Å². The number of benzene rings is 3. The summed E-state index contributed by atoms with van der Waals surface area (Å²) >= 11 is 6.20. The summed E-state index contributed by atoms with van der Waals surface area (Å²) in [6.45, 7) is 2.19. The molecular formula is C30H26ClNO8. The first kappa shape index (κ1) is 27.0. The Bertz CT molecular complexity index is 1660. The molecule has 1 aliphatic heterocycles. The van der Waals surface area contributed by atoms with Crippen LogP contribution in [-0.2, 0) is 4.79 Å². The molecule has 0 bridgehead atoms. The summed E-state index contributed by atoms with van der Waals surface area (Å²) in [6, 6.07) is 15.5. The maximum atomic E-state index is 14.1. The SMILES string of the molecule is CCOc1cc(C2C(C(=O)c3cc4cc(Cl)cc(OC)c4o3)=C(O)C(=O)N2c2ccccc2OC)ccc1OC. The number of Topliss-reactive ketones (excluding diaryl/α,β-unsaturated/α-hetero) is 1. The molecule has 2 heterocycles. The van der Waals surface area contributed by atoms with E-state index in [0.717, 1.165) is 0 Å². The van der Waals surface area contributed by atoms with Crippen LogP contribution in [0.4, 0.5) is 5.69 Å². The van der Waals surface area contributed by atoms with Gasteiger partial charge in [-0.05, 0) is 48.9 Å². The number of ether oxygens (including phenoxy) is 4. The van der Waals surface area contributed by atoms with Crippen molar-refractivity contribution in [3.05, 3.63) is 88.3 Å². The highest BCUT2D eigenvalue weighted by molar-refractivity contribution is 6.31. The smallest absolute Gasteiger partial charge is 0.294 e. The number of ketones is 1. The Morgan fingerprint density at radius 2 is 1.68 bits per heavy atom. The van der Waals surface area contributed by atoms with Crippen LogP contribution in [0.3, 0.4) is 0 Å². The first-order valence-corrected chi connectivity index (χ1v) is 12.7. The van der Waals surface area contributed by atoms with Crippen LogP contribution in [0, 0.1) is 0 Å². The maximum Gasteiger partial charge on any atom is 0.294 e. The molecule has 1 unspecified atom stereocenters. The zero-order chi connectivity index (χ0) is 28.6. The summed E-state index contributed by atoms with van der Waals surface area (Å²) in [5.74, 6) is -0.664. The van der Waals surface area contributed by atoms with Crippen molar-refractivity contribution in [2.45, 2.75) is 13.0 Å². The monoisotopic (exact) mass is 563 g/mol. The van der Waals surface area contributed by atoms with Crippen molar-refractivity contribution < 1.29 is 38.1 Å². The molecule has 1 amide bonds. The third-order valence-electron chi connectivity index (χ3n) is 6.59. The van der Waals surface area contributed by atoms with Crippen LogP contribution in [0.5, 0.6) is 23.0 Å². The van der Waals surface area contributed by atoms with Gasteiger partial charge >= 0.3 is 0 Å². The topological polar surface area (TPSA) is 108 Å². The van der Waals surface area contributed by atoms with E-state index < -0.39 is 23.5 Å². The molecule has 4 aromatic rings. The van der Waals surface area contributed by atoms with Crippen molar-refractivity contribution in [1.29, 1.82) is 0 Å². The van der Waals surface area contributed by atoms with E-state index >= 15 is 0 Å². The maximum absolute atomic E-state index is 14.1. The number of hydrogen-bond acceptors (Lipinski definition) is 8. The van der Waals surface area contributed by atoms with E-state index in [9.17, 15) is 14.7 Å². The van der Waals surface area contributed by atoms with Crippen LogP contribution in [0.15, 0.2) is 76.4 Å². The first-order chi connectivity index (χ1) is 19.3. The fourth-order valence-corrected chi connectivity index (χ4v) is 5.06. The van der Waals surface area contributed by atoms with Crippen molar-refractivity contribution in [2.24, 2.45) is 0 Å². The number of hydrogen-bond donors (Lipinski definition) is 1. The Morgan fingerprint density at radius 1 is 0.950 bits per heavy atom. The number of halogens is 1. The van der Waals surface area contributed by atoms with Gasteiger partial charge in [0.15, 0.2) is 34.4 Å². The molecule has 1 N–H and O–H groups in total. The predicted octanol–water partition coefficient (Wildman–Crippen LogP) is 6.29. The molecule has 0 spiro atoms. The predicted molar refractivity (Wildman–Crippen MR) is 149 cm³/mol. The van der Waals surface area contributed by atoms with Crippen LogP contribution in [-0.4, -0.2) is 44.7 Å². The highest BCUT2D eigenvalue weighted by Crippen LogP contribution is 2.46. The summed E-state index contributed by atoms with van der Waals surface area (Å²) < 4.78 is 28.0. The van der Waals surface area contributed by atoms with Gasteiger partial charge in [0.1, 0.15) is 5.75 Å². The number of aliphatic hydroxyl groups excluding tert-OH is 1. The van der Waals surface area contributed by atoms with Gasteiger partial charge in [0, 0.05) is 16.5 Å². The van der Waals surface area contributed by atoms with Crippen molar-refractivity contribution in [1.82, 2.24) is 0 Å². The Kier molecular flexibility index (Phi) is 7.32. The minimum Gasteiger partial charge on any atom is -0.503 e. The number of para-hydroxylation sites is 2. The molecule has 206 valence electrons. The number of rotatable bonds is 9. The lowest BCUT2D eigenvalue weighted by molar-refractivity contribution is -0.117. The number of nitrogens with zero attached hydrogens (tertiary/aromatic N) is 1. The highest BCUT2D eigenvalue weighted by Gasteiger charge is 2.46. The number of amides is 1. The van der Waals surface area contributed by atoms with E-state index in [4.69, 9.17) is 35.0 Å². The number of anilines is 1. The lowest BCUT2D eigenvalue weighted by Crippen LogP contribution is -2.31. The third-order valence-corrected chi connectivity index (χ3v) is 6.81. The second-order valence-corrected chi connectivity index (χ2v) is 9.26. The van der Waals surface area contributed by atoms with Crippen LogP contribution in [0.2, 0.25) is 5.02 Å². The molecule has 10 heteroatoms. The number of fused-ring (bicyclic) bond motifs is 1. The van der Waals surface area contributed by atoms with E-state index in [-0.39, 0.29) is 11.3 Å². The summed E-state index contributed by atoms with van der Waals surface area (Å²) in [7, 11) is 4.45. The van der Waals surface area contributed by atoms with Gasteiger partial charge in [-0.2, -0.15) is 0 Å². The van der Waals surface area contributed by atoms with Gasteiger partial charge in [-0.1, -0.05) is 29.8 Å². The second-order valence-electron chi connectivity index (χ2n) is 8.82. The molecule has 5 rings (SSSR count). The molecule has 0 radical (unpaired) electrons. The minimum atomic E-state index is -1.06. The van der Waals surface area contributed by atoms with Gasteiger partial charge in [0.2, 0.25) is 5.78 Å². The molecule has 3 aromatic carbocycles. The first-order valence-electron chi connectivity index (χ1n) is 12.3. The second kappa shape index (κ2) is 10.9. The molecule has 0 aliphatic carbocycles. The average molecular weight is 564 g/mol. The van der Waals surface area contributed by atoms with Crippen molar-refractivity contribution in [3.8, 4) is 23.0 Å². The van der Waals surface area contributed by atoms with Gasteiger partial charge in [0.25, 0.3) is 5.91 Å². The van der Waals surface area contributed by atoms with Crippen molar-refractivity contribution >= 4 is 39.9 Å². The average Bonchev–Trinajstić information content (AvgIpc) is 3.50. The molecule has 0 fully saturated rings. The van der Waals surface area contributed by atoms with E-state index in [2.05, 4.69) is 0 Å². The van der Waals surface area contributed by atoms with Crippen molar-refractivity contribution in [3.63, 3.8) is 0 Å². The Hall–Kier alpha value is -4.63. The minimum absolute atomic E-state index is 0.102. The van der Waals surface area contributed by atoms with Gasteiger partial charge in [0.05, 0.1) is 45.2 Å². The number of carbonyl (C=O) groups is 2. The lowest BCUT2D eigenvalue weighted by Gasteiger charge is -2.28.